The summed E-state index contributed by atoms with van der Waals surface area (Å²) in [6, 6.07) is 23.8. The van der Waals surface area contributed by atoms with Gasteiger partial charge >= 0.3 is 0 Å². The molecule has 0 heterocycles. The highest BCUT2D eigenvalue weighted by atomic mass is 16.5. The van der Waals surface area contributed by atoms with Gasteiger partial charge in [-0.3, -0.25) is 0 Å². The van der Waals surface area contributed by atoms with Crippen molar-refractivity contribution in [1.82, 2.24) is 0 Å². The molecule has 2 N–H and O–H groups in total. The molecular weight excluding hydrogens is 436 g/mol. The van der Waals surface area contributed by atoms with Crippen LogP contribution in [0.2, 0.25) is 0 Å². The van der Waals surface area contributed by atoms with E-state index in [1.54, 1.807) is 14.2 Å². The number of aromatic hydroxyl groups is 2. The van der Waals surface area contributed by atoms with E-state index in [1.165, 1.54) is 0 Å². The van der Waals surface area contributed by atoms with Gasteiger partial charge < -0.3 is 19.7 Å². The second-order valence-corrected chi connectivity index (χ2v) is 8.91. The van der Waals surface area contributed by atoms with E-state index in [1.807, 2.05) is 86.6 Å². The van der Waals surface area contributed by atoms with Crippen molar-refractivity contribution >= 4 is 0 Å². The number of phenolic OH excluding ortho intramolecular Hbond substituents is 2. The molecule has 180 valence electrons. The molecule has 4 aromatic carbocycles. The molecule has 35 heavy (non-hydrogen) atoms. The van der Waals surface area contributed by atoms with Crippen molar-refractivity contribution < 1.29 is 19.7 Å². The van der Waals surface area contributed by atoms with E-state index in [0.717, 1.165) is 56.0 Å². The van der Waals surface area contributed by atoms with Gasteiger partial charge in [-0.25, -0.2) is 0 Å². The number of methoxy groups -OCH3 is 2. The molecule has 0 aliphatic carbocycles. The summed E-state index contributed by atoms with van der Waals surface area (Å²) in [6.07, 6.45) is 1.67. The van der Waals surface area contributed by atoms with Crippen molar-refractivity contribution in [2.75, 3.05) is 14.2 Å². The van der Waals surface area contributed by atoms with Crippen molar-refractivity contribution in [3.8, 4) is 23.0 Å². The highest BCUT2D eigenvalue weighted by Gasteiger charge is 2.16. The fourth-order valence-corrected chi connectivity index (χ4v) is 4.73. The third-order valence-electron chi connectivity index (χ3n) is 6.55. The van der Waals surface area contributed by atoms with Crippen molar-refractivity contribution in [1.29, 1.82) is 0 Å². The standard InChI is InChI=1S/C31H32O4/c1-20-9-5-11-22(28(20)32)17-26-15-8-16-27(31(26)35-4)19-24-13-7-12-23(29(24)33)18-25-14-6-10-21(2)30(25)34-3/h5-16,32-33H,17-19H2,1-4H3. The molecule has 0 amide bonds. The SMILES string of the molecule is COc1c(C)cccc1Cc1cccc(Cc2cccc(Cc3cccc(C)c3O)c2OC)c1O. The van der Waals surface area contributed by atoms with E-state index in [2.05, 4.69) is 0 Å². The van der Waals surface area contributed by atoms with Crippen LogP contribution in [-0.2, 0) is 19.3 Å². The van der Waals surface area contributed by atoms with Gasteiger partial charge in [-0.1, -0.05) is 72.8 Å². The number of aryl methyl sites for hydroxylation is 2. The number of ether oxygens (including phenoxy) is 2. The summed E-state index contributed by atoms with van der Waals surface area (Å²) in [4.78, 5) is 0. The van der Waals surface area contributed by atoms with Gasteiger partial charge in [-0.2, -0.15) is 0 Å². The van der Waals surface area contributed by atoms with Crippen LogP contribution < -0.4 is 9.47 Å². The lowest BCUT2D eigenvalue weighted by molar-refractivity contribution is 0.405. The molecule has 0 spiro atoms. The molecule has 0 aliphatic rings. The Morgan fingerprint density at radius 3 is 1.34 bits per heavy atom. The lowest BCUT2D eigenvalue weighted by Crippen LogP contribution is -2.01. The van der Waals surface area contributed by atoms with Crippen LogP contribution in [0.25, 0.3) is 0 Å². The van der Waals surface area contributed by atoms with E-state index >= 15 is 0 Å². The third kappa shape index (κ3) is 5.12. The van der Waals surface area contributed by atoms with Crippen LogP contribution in [0.3, 0.4) is 0 Å². The van der Waals surface area contributed by atoms with Crippen LogP contribution in [0, 0.1) is 13.8 Å². The van der Waals surface area contributed by atoms with Crippen molar-refractivity contribution in [2.24, 2.45) is 0 Å². The molecule has 0 saturated carbocycles. The highest BCUT2D eigenvalue weighted by Crippen LogP contribution is 2.35. The number of para-hydroxylation sites is 4. The molecule has 4 heteroatoms. The number of rotatable bonds is 8. The Labute approximate surface area is 207 Å². The lowest BCUT2D eigenvalue weighted by Gasteiger charge is -2.17. The Morgan fingerprint density at radius 2 is 0.857 bits per heavy atom. The van der Waals surface area contributed by atoms with Gasteiger partial charge in [-0.05, 0) is 58.4 Å². The highest BCUT2D eigenvalue weighted by molar-refractivity contribution is 5.52. The summed E-state index contributed by atoms with van der Waals surface area (Å²) in [6.45, 7) is 3.92. The first-order valence-electron chi connectivity index (χ1n) is 11.8. The van der Waals surface area contributed by atoms with E-state index in [9.17, 15) is 10.2 Å². The fourth-order valence-electron chi connectivity index (χ4n) is 4.73. The molecule has 4 rings (SSSR count). The minimum Gasteiger partial charge on any atom is -0.507 e. The summed E-state index contributed by atoms with van der Waals surface area (Å²) in [5.74, 6) is 2.24. The normalized spacial score (nSPS) is 10.9. The van der Waals surface area contributed by atoms with Crippen LogP contribution in [0.5, 0.6) is 23.0 Å². The van der Waals surface area contributed by atoms with Crippen LogP contribution in [0.1, 0.15) is 44.5 Å². The van der Waals surface area contributed by atoms with Crippen LogP contribution in [0.15, 0.2) is 72.8 Å². The predicted octanol–water partition coefficient (Wildman–Crippen LogP) is 6.50. The Hall–Kier alpha value is -3.92. The van der Waals surface area contributed by atoms with Gasteiger partial charge in [0.2, 0.25) is 0 Å². The summed E-state index contributed by atoms with van der Waals surface area (Å²) < 4.78 is 11.4. The maximum Gasteiger partial charge on any atom is 0.125 e. The van der Waals surface area contributed by atoms with E-state index in [4.69, 9.17) is 9.47 Å². The summed E-state index contributed by atoms with van der Waals surface area (Å²) >= 11 is 0. The van der Waals surface area contributed by atoms with Gasteiger partial charge in [0, 0.05) is 19.3 Å². The lowest BCUT2D eigenvalue weighted by atomic mass is 9.94. The van der Waals surface area contributed by atoms with Crippen LogP contribution >= 0.6 is 0 Å². The molecule has 0 aliphatic heterocycles. The van der Waals surface area contributed by atoms with Crippen molar-refractivity contribution in [2.45, 2.75) is 33.1 Å². The molecule has 0 radical (unpaired) electrons. The van der Waals surface area contributed by atoms with Crippen molar-refractivity contribution in [3.05, 3.63) is 117 Å². The first kappa shape index (κ1) is 24.2. The zero-order valence-electron chi connectivity index (χ0n) is 20.8. The third-order valence-corrected chi connectivity index (χ3v) is 6.55. The van der Waals surface area contributed by atoms with Crippen molar-refractivity contribution in [3.63, 3.8) is 0 Å². The number of hydrogen-bond acceptors (Lipinski definition) is 4. The Kier molecular flexibility index (Phi) is 7.31. The minimum atomic E-state index is 0.292. The van der Waals surface area contributed by atoms with Crippen LogP contribution in [0.4, 0.5) is 0 Å². The second kappa shape index (κ2) is 10.6. The van der Waals surface area contributed by atoms with Gasteiger partial charge in [0.05, 0.1) is 14.2 Å². The van der Waals surface area contributed by atoms with Crippen LogP contribution in [-0.4, -0.2) is 24.4 Å². The molecule has 0 atom stereocenters. The number of benzene rings is 4. The average molecular weight is 469 g/mol. The fraction of sp³-hybridized carbons (Fsp3) is 0.226. The predicted molar refractivity (Wildman–Crippen MR) is 140 cm³/mol. The number of hydrogen-bond donors (Lipinski definition) is 2. The van der Waals surface area contributed by atoms with E-state index in [-0.39, 0.29) is 0 Å². The molecule has 0 aromatic heterocycles. The molecule has 0 bridgehead atoms. The van der Waals surface area contributed by atoms with Gasteiger partial charge in [0.1, 0.15) is 23.0 Å². The smallest absolute Gasteiger partial charge is 0.125 e. The summed E-state index contributed by atoms with van der Waals surface area (Å²) in [7, 11) is 3.34. The number of phenols is 2. The van der Waals surface area contributed by atoms with Gasteiger partial charge in [0.25, 0.3) is 0 Å². The zero-order chi connectivity index (χ0) is 24.9. The second-order valence-electron chi connectivity index (χ2n) is 8.91. The Bertz CT molecular complexity index is 1340. The average Bonchev–Trinajstić information content (AvgIpc) is 2.85. The zero-order valence-corrected chi connectivity index (χ0v) is 20.8. The molecular formula is C31H32O4. The van der Waals surface area contributed by atoms with E-state index < -0.39 is 0 Å². The Balaban J connectivity index is 1.64. The molecule has 4 aromatic rings. The maximum absolute atomic E-state index is 11.2. The first-order chi connectivity index (χ1) is 16.9. The molecule has 0 unspecified atom stereocenters. The molecule has 0 fully saturated rings. The monoisotopic (exact) mass is 468 g/mol. The van der Waals surface area contributed by atoms with Gasteiger partial charge in [-0.15, -0.1) is 0 Å². The minimum absolute atomic E-state index is 0.292. The maximum atomic E-state index is 11.2. The first-order valence-corrected chi connectivity index (χ1v) is 11.8. The molecule has 0 saturated heterocycles. The molecule has 4 nitrogen and oxygen atoms in total. The van der Waals surface area contributed by atoms with Gasteiger partial charge in [0.15, 0.2) is 0 Å². The largest absolute Gasteiger partial charge is 0.507 e. The topological polar surface area (TPSA) is 58.9 Å². The quantitative estimate of drug-likeness (QED) is 0.310. The van der Waals surface area contributed by atoms with E-state index in [0.29, 0.717) is 30.8 Å². The Morgan fingerprint density at radius 1 is 0.486 bits per heavy atom. The summed E-state index contributed by atoms with van der Waals surface area (Å²) in [5.41, 5.74) is 7.49. The summed E-state index contributed by atoms with van der Waals surface area (Å²) in [5, 5.41) is 21.7.